The molecule has 0 aromatic carbocycles. The van der Waals surface area contributed by atoms with Gasteiger partial charge in [0, 0.05) is 6.61 Å². The third-order valence-electron chi connectivity index (χ3n) is 3.46. The third-order valence-corrected chi connectivity index (χ3v) is 3.46. The molecule has 19 heavy (non-hydrogen) atoms. The zero-order chi connectivity index (χ0) is 13.7. The van der Waals surface area contributed by atoms with E-state index in [0.717, 1.165) is 26.0 Å². The van der Waals surface area contributed by atoms with Crippen LogP contribution in [-0.2, 0) is 4.74 Å². The molecule has 1 fully saturated rings. The predicted molar refractivity (Wildman–Crippen MR) is 70.3 cm³/mol. The van der Waals surface area contributed by atoms with E-state index in [9.17, 15) is 4.79 Å². The fourth-order valence-electron chi connectivity index (χ4n) is 2.30. The Morgan fingerprint density at radius 1 is 1.53 bits per heavy atom. The van der Waals surface area contributed by atoms with Crippen LogP contribution in [0, 0.1) is 0 Å². The maximum absolute atomic E-state index is 10.7. The van der Waals surface area contributed by atoms with Crippen molar-refractivity contribution >= 4 is 5.97 Å². The number of hydrogen-bond acceptors (Lipinski definition) is 4. The Kier molecular flexibility index (Phi) is 4.99. The zero-order valence-electron chi connectivity index (χ0n) is 11.2. The Morgan fingerprint density at radius 3 is 3.00 bits per heavy atom. The lowest BCUT2D eigenvalue weighted by atomic mass is 10.1. The lowest BCUT2D eigenvalue weighted by Crippen LogP contribution is -2.26. The van der Waals surface area contributed by atoms with Gasteiger partial charge in [-0.25, -0.2) is 4.79 Å². The topological polar surface area (TPSA) is 71.7 Å². The van der Waals surface area contributed by atoms with Crippen LogP contribution in [0.15, 0.2) is 16.5 Å². The summed E-state index contributed by atoms with van der Waals surface area (Å²) in [6.45, 7) is 3.68. The quantitative estimate of drug-likeness (QED) is 0.829. The van der Waals surface area contributed by atoms with Crippen LogP contribution in [0.5, 0.6) is 0 Å². The maximum atomic E-state index is 10.7. The van der Waals surface area contributed by atoms with E-state index in [1.165, 1.54) is 18.9 Å². The molecule has 0 saturated carbocycles. The molecule has 2 atom stereocenters. The summed E-state index contributed by atoms with van der Waals surface area (Å²) in [4.78, 5) is 10.7. The van der Waals surface area contributed by atoms with E-state index < -0.39 is 5.97 Å². The number of nitrogens with one attached hydrogen (secondary N) is 1. The number of aromatic carboxylic acids is 1. The number of carbonyl (C=O) groups is 1. The minimum atomic E-state index is -1.03. The first-order chi connectivity index (χ1) is 9.16. The highest BCUT2D eigenvalue weighted by molar-refractivity contribution is 5.84. The van der Waals surface area contributed by atoms with E-state index in [2.05, 4.69) is 5.32 Å². The Hall–Kier alpha value is -1.33. The molecular formula is C14H21NO4. The molecule has 1 aliphatic rings. The highest BCUT2D eigenvalue weighted by atomic mass is 16.5. The van der Waals surface area contributed by atoms with Crippen LogP contribution in [0.2, 0.25) is 0 Å². The van der Waals surface area contributed by atoms with Gasteiger partial charge < -0.3 is 19.6 Å². The van der Waals surface area contributed by atoms with Gasteiger partial charge in [-0.15, -0.1) is 0 Å². The fraction of sp³-hybridized carbons (Fsp3) is 0.643. The molecule has 0 aliphatic carbocycles. The van der Waals surface area contributed by atoms with Gasteiger partial charge in [0.15, 0.2) is 0 Å². The summed E-state index contributed by atoms with van der Waals surface area (Å²) < 4.78 is 10.9. The second kappa shape index (κ2) is 6.73. The molecule has 5 heteroatoms. The van der Waals surface area contributed by atoms with Crippen molar-refractivity contribution in [2.45, 2.75) is 44.8 Å². The van der Waals surface area contributed by atoms with Crippen LogP contribution in [0.1, 0.15) is 55.0 Å². The minimum absolute atomic E-state index is 0.0108. The molecule has 1 saturated heterocycles. The molecule has 1 aromatic heterocycles. The normalized spacial score (nSPS) is 21.2. The Morgan fingerprint density at radius 2 is 2.37 bits per heavy atom. The molecule has 1 aromatic rings. The van der Waals surface area contributed by atoms with E-state index in [0.29, 0.717) is 11.9 Å². The first kappa shape index (κ1) is 14.1. The summed E-state index contributed by atoms with van der Waals surface area (Å²) >= 11 is 0. The summed E-state index contributed by atoms with van der Waals surface area (Å²) in [6.07, 6.45) is 4.90. The van der Waals surface area contributed by atoms with Crippen molar-refractivity contribution in [3.63, 3.8) is 0 Å². The molecule has 2 heterocycles. The highest BCUT2D eigenvalue weighted by Gasteiger charge is 2.16. The van der Waals surface area contributed by atoms with E-state index in [4.69, 9.17) is 14.3 Å². The first-order valence-electron chi connectivity index (χ1n) is 6.85. The fourth-order valence-corrected chi connectivity index (χ4v) is 2.30. The first-order valence-corrected chi connectivity index (χ1v) is 6.85. The van der Waals surface area contributed by atoms with Gasteiger partial charge >= 0.3 is 5.97 Å². The molecule has 0 radical (unpaired) electrons. The van der Waals surface area contributed by atoms with Crippen LogP contribution >= 0.6 is 0 Å². The number of hydrogen-bond donors (Lipinski definition) is 2. The molecule has 5 nitrogen and oxygen atoms in total. The van der Waals surface area contributed by atoms with E-state index in [-0.39, 0.29) is 11.8 Å². The summed E-state index contributed by atoms with van der Waals surface area (Å²) in [5.74, 6) is -0.393. The number of furan rings is 1. The molecule has 1 aliphatic heterocycles. The van der Waals surface area contributed by atoms with E-state index in [1.54, 1.807) is 6.07 Å². The standard InChI is InChI=1S/C14H21NO4/c1-10(12-5-6-13(19-12)14(16)17)15-8-7-11-4-2-3-9-18-11/h5-6,10-11,15H,2-4,7-9H2,1H3,(H,16,17). The van der Waals surface area contributed by atoms with Gasteiger partial charge in [-0.3, -0.25) is 0 Å². The van der Waals surface area contributed by atoms with Crippen LogP contribution in [0.3, 0.4) is 0 Å². The van der Waals surface area contributed by atoms with Crippen LogP contribution in [0.4, 0.5) is 0 Å². The van der Waals surface area contributed by atoms with Crippen molar-refractivity contribution in [2.75, 3.05) is 13.2 Å². The maximum Gasteiger partial charge on any atom is 0.371 e. The van der Waals surface area contributed by atoms with Crippen molar-refractivity contribution in [3.05, 3.63) is 23.7 Å². The molecule has 2 N–H and O–H groups in total. The smallest absolute Gasteiger partial charge is 0.371 e. The Bertz CT molecular complexity index is 409. The largest absolute Gasteiger partial charge is 0.475 e. The van der Waals surface area contributed by atoms with Gasteiger partial charge in [0.1, 0.15) is 5.76 Å². The molecule has 0 bridgehead atoms. The van der Waals surface area contributed by atoms with Crippen molar-refractivity contribution in [2.24, 2.45) is 0 Å². The summed E-state index contributed by atoms with van der Waals surface area (Å²) in [6, 6.07) is 3.20. The summed E-state index contributed by atoms with van der Waals surface area (Å²) in [5.41, 5.74) is 0. The van der Waals surface area contributed by atoms with Gasteiger partial charge in [0.25, 0.3) is 0 Å². The zero-order valence-corrected chi connectivity index (χ0v) is 11.2. The molecule has 106 valence electrons. The van der Waals surface area contributed by atoms with Crippen molar-refractivity contribution in [1.82, 2.24) is 5.32 Å². The molecular weight excluding hydrogens is 246 g/mol. The average Bonchev–Trinajstić information content (AvgIpc) is 2.89. The van der Waals surface area contributed by atoms with Gasteiger partial charge in [-0.1, -0.05) is 0 Å². The molecule has 2 unspecified atom stereocenters. The second-order valence-electron chi connectivity index (χ2n) is 4.96. The SMILES string of the molecule is CC(NCCC1CCCCO1)c1ccc(C(=O)O)o1. The van der Waals surface area contributed by atoms with Gasteiger partial charge in [0.2, 0.25) is 5.76 Å². The minimum Gasteiger partial charge on any atom is -0.475 e. The average molecular weight is 267 g/mol. The second-order valence-corrected chi connectivity index (χ2v) is 4.96. The number of rotatable bonds is 6. The third kappa shape index (κ3) is 4.08. The van der Waals surface area contributed by atoms with Crippen molar-refractivity contribution < 1.29 is 19.1 Å². The number of ether oxygens (including phenoxy) is 1. The lowest BCUT2D eigenvalue weighted by Gasteiger charge is -2.23. The number of carboxylic acid groups (broad SMARTS) is 1. The monoisotopic (exact) mass is 267 g/mol. The molecule has 0 spiro atoms. The number of carboxylic acids is 1. The van der Waals surface area contributed by atoms with Gasteiger partial charge in [0.05, 0.1) is 12.1 Å². The van der Waals surface area contributed by atoms with Crippen molar-refractivity contribution in [3.8, 4) is 0 Å². The van der Waals surface area contributed by atoms with E-state index >= 15 is 0 Å². The van der Waals surface area contributed by atoms with Crippen molar-refractivity contribution in [1.29, 1.82) is 0 Å². The Labute approximate surface area is 112 Å². The van der Waals surface area contributed by atoms with Gasteiger partial charge in [-0.05, 0) is 51.3 Å². The van der Waals surface area contributed by atoms with Crippen LogP contribution in [-0.4, -0.2) is 30.3 Å². The molecule has 2 rings (SSSR count). The van der Waals surface area contributed by atoms with Crippen LogP contribution < -0.4 is 5.32 Å². The Balaban J connectivity index is 1.73. The summed E-state index contributed by atoms with van der Waals surface area (Å²) in [7, 11) is 0. The van der Waals surface area contributed by atoms with E-state index in [1.807, 2.05) is 6.92 Å². The highest BCUT2D eigenvalue weighted by Crippen LogP contribution is 2.18. The lowest BCUT2D eigenvalue weighted by molar-refractivity contribution is 0.0112. The predicted octanol–water partition coefficient (Wildman–Crippen LogP) is 2.59. The van der Waals surface area contributed by atoms with Crippen LogP contribution in [0.25, 0.3) is 0 Å². The molecule has 0 amide bonds. The van der Waals surface area contributed by atoms with Gasteiger partial charge in [-0.2, -0.15) is 0 Å². The summed E-state index contributed by atoms with van der Waals surface area (Å²) in [5, 5.41) is 12.1.